The predicted molar refractivity (Wildman–Crippen MR) is 68.0 cm³/mol. The fourth-order valence-corrected chi connectivity index (χ4v) is 1.77. The second kappa shape index (κ2) is 4.84. The molecular weight excluding hydrogens is 228 g/mol. The van der Waals surface area contributed by atoms with Crippen molar-refractivity contribution in [3.63, 3.8) is 0 Å². The van der Waals surface area contributed by atoms with Gasteiger partial charge in [0.15, 0.2) is 11.6 Å². The van der Waals surface area contributed by atoms with Gasteiger partial charge in [-0.25, -0.2) is 0 Å². The molecule has 18 heavy (non-hydrogen) atoms. The molecule has 0 amide bonds. The van der Waals surface area contributed by atoms with Gasteiger partial charge >= 0.3 is 0 Å². The topological polar surface area (TPSA) is 54.4 Å². The van der Waals surface area contributed by atoms with Crippen LogP contribution in [0.4, 0.5) is 0 Å². The first-order valence-corrected chi connectivity index (χ1v) is 5.53. The highest BCUT2D eigenvalue weighted by Crippen LogP contribution is 2.20. The van der Waals surface area contributed by atoms with E-state index in [1.807, 2.05) is 6.07 Å². The molecular formula is C15H12O3. The Morgan fingerprint density at radius 1 is 0.944 bits per heavy atom. The average Bonchev–Trinajstić information content (AvgIpc) is 2.39. The Labute approximate surface area is 105 Å². The lowest BCUT2D eigenvalue weighted by molar-refractivity contribution is 0.0990. The van der Waals surface area contributed by atoms with Crippen molar-refractivity contribution in [2.24, 2.45) is 0 Å². The van der Waals surface area contributed by atoms with Crippen LogP contribution in [0, 0.1) is 0 Å². The van der Waals surface area contributed by atoms with Gasteiger partial charge in [-0.1, -0.05) is 30.3 Å². The van der Waals surface area contributed by atoms with Crippen LogP contribution in [0.1, 0.15) is 33.2 Å². The number of carbonyl (C=O) groups excluding carboxylic acids is 2. The zero-order valence-corrected chi connectivity index (χ0v) is 9.88. The number of benzene rings is 2. The molecule has 0 aliphatic carbocycles. The van der Waals surface area contributed by atoms with Crippen LogP contribution in [-0.4, -0.2) is 16.7 Å². The minimum atomic E-state index is -0.245. The smallest absolute Gasteiger partial charge is 0.193 e. The SMILES string of the molecule is CC(=O)c1cc(O)ccc1C(=O)c1ccccc1. The fraction of sp³-hybridized carbons (Fsp3) is 0.0667. The lowest BCUT2D eigenvalue weighted by Gasteiger charge is -2.06. The first kappa shape index (κ1) is 12.0. The fourth-order valence-electron chi connectivity index (χ4n) is 1.77. The first-order valence-electron chi connectivity index (χ1n) is 5.53. The van der Waals surface area contributed by atoms with E-state index in [2.05, 4.69) is 0 Å². The molecule has 0 aliphatic rings. The Balaban J connectivity index is 2.52. The molecule has 0 radical (unpaired) electrons. The van der Waals surface area contributed by atoms with E-state index in [4.69, 9.17) is 0 Å². The number of hydrogen-bond acceptors (Lipinski definition) is 3. The highest BCUT2D eigenvalue weighted by Gasteiger charge is 2.16. The van der Waals surface area contributed by atoms with Crippen molar-refractivity contribution >= 4 is 11.6 Å². The summed E-state index contributed by atoms with van der Waals surface area (Å²) in [4.78, 5) is 23.7. The van der Waals surface area contributed by atoms with Gasteiger partial charge in [0.25, 0.3) is 0 Å². The summed E-state index contributed by atoms with van der Waals surface area (Å²) >= 11 is 0. The first-order chi connectivity index (χ1) is 8.59. The van der Waals surface area contributed by atoms with E-state index < -0.39 is 0 Å². The van der Waals surface area contributed by atoms with E-state index in [1.54, 1.807) is 24.3 Å². The van der Waals surface area contributed by atoms with E-state index in [9.17, 15) is 14.7 Å². The molecule has 0 atom stereocenters. The van der Waals surface area contributed by atoms with Gasteiger partial charge in [0.05, 0.1) is 0 Å². The zero-order chi connectivity index (χ0) is 13.1. The van der Waals surface area contributed by atoms with Crippen LogP contribution >= 0.6 is 0 Å². The van der Waals surface area contributed by atoms with E-state index in [0.29, 0.717) is 11.1 Å². The molecule has 0 aromatic heterocycles. The van der Waals surface area contributed by atoms with Gasteiger partial charge < -0.3 is 5.11 Å². The number of phenols is 1. The maximum Gasteiger partial charge on any atom is 0.193 e. The minimum Gasteiger partial charge on any atom is -0.508 e. The summed E-state index contributed by atoms with van der Waals surface area (Å²) < 4.78 is 0. The van der Waals surface area contributed by atoms with Crippen LogP contribution in [0.25, 0.3) is 0 Å². The summed E-state index contributed by atoms with van der Waals surface area (Å²) in [7, 11) is 0. The summed E-state index contributed by atoms with van der Waals surface area (Å²) in [5.41, 5.74) is 1.07. The number of hydrogen-bond donors (Lipinski definition) is 1. The van der Waals surface area contributed by atoms with Crippen LogP contribution in [0.5, 0.6) is 5.75 Å². The van der Waals surface area contributed by atoms with Crippen LogP contribution in [0.15, 0.2) is 48.5 Å². The molecule has 2 aromatic carbocycles. The van der Waals surface area contributed by atoms with Crippen LogP contribution in [0.2, 0.25) is 0 Å². The normalized spacial score (nSPS) is 10.1. The van der Waals surface area contributed by atoms with E-state index in [0.717, 1.165) is 0 Å². The summed E-state index contributed by atoms with van der Waals surface area (Å²) in [6.07, 6.45) is 0. The summed E-state index contributed by atoms with van der Waals surface area (Å²) in [5.74, 6) is -0.490. The lowest BCUT2D eigenvalue weighted by atomic mass is 9.96. The number of Topliss-reactive ketones (excluding diaryl/α,β-unsaturated/α-hetero) is 1. The lowest BCUT2D eigenvalue weighted by Crippen LogP contribution is -2.08. The maximum atomic E-state index is 12.2. The van der Waals surface area contributed by atoms with Crippen LogP contribution in [0.3, 0.4) is 0 Å². The number of rotatable bonds is 3. The molecule has 90 valence electrons. The molecule has 0 saturated carbocycles. The Morgan fingerprint density at radius 2 is 1.61 bits per heavy atom. The van der Waals surface area contributed by atoms with E-state index in [-0.39, 0.29) is 22.9 Å². The van der Waals surface area contributed by atoms with Crippen molar-refractivity contribution in [2.45, 2.75) is 6.92 Å². The Kier molecular flexibility index (Phi) is 3.24. The quantitative estimate of drug-likeness (QED) is 0.839. The molecule has 0 aliphatic heterocycles. The van der Waals surface area contributed by atoms with Crippen molar-refractivity contribution in [3.05, 3.63) is 65.2 Å². The van der Waals surface area contributed by atoms with Gasteiger partial charge in [0.1, 0.15) is 5.75 Å². The summed E-state index contributed by atoms with van der Waals surface area (Å²) in [6, 6.07) is 12.9. The van der Waals surface area contributed by atoms with Gasteiger partial charge in [-0.05, 0) is 25.1 Å². The largest absolute Gasteiger partial charge is 0.508 e. The van der Waals surface area contributed by atoms with E-state index >= 15 is 0 Å². The Hall–Kier alpha value is -2.42. The van der Waals surface area contributed by atoms with Crippen molar-refractivity contribution in [2.75, 3.05) is 0 Å². The molecule has 2 aromatic rings. The molecule has 0 saturated heterocycles. The molecule has 0 bridgehead atoms. The van der Waals surface area contributed by atoms with Gasteiger partial charge in [-0.3, -0.25) is 9.59 Å². The highest BCUT2D eigenvalue weighted by atomic mass is 16.3. The molecule has 1 N–H and O–H groups in total. The third-order valence-corrected chi connectivity index (χ3v) is 2.66. The van der Waals surface area contributed by atoms with Gasteiger partial charge in [-0.15, -0.1) is 0 Å². The molecule has 0 fully saturated rings. The monoisotopic (exact) mass is 240 g/mol. The second-order valence-electron chi connectivity index (χ2n) is 3.98. The number of aromatic hydroxyl groups is 1. The molecule has 2 rings (SSSR count). The third-order valence-electron chi connectivity index (χ3n) is 2.66. The van der Waals surface area contributed by atoms with Crippen molar-refractivity contribution in [1.82, 2.24) is 0 Å². The Morgan fingerprint density at radius 3 is 2.22 bits per heavy atom. The molecule has 3 heteroatoms. The zero-order valence-electron chi connectivity index (χ0n) is 9.88. The minimum absolute atomic E-state index is 0.0233. The maximum absolute atomic E-state index is 12.2. The molecule has 3 nitrogen and oxygen atoms in total. The molecule has 0 heterocycles. The standard InChI is InChI=1S/C15H12O3/c1-10(16)14-9-12(17)7-8-13(14)15(18)11-5-3-2-4-6-11/h2-9,17H,1H3. The van der Waals surface area contributed by atoms with Crippen molar-refractivity contribution < 1.29 is 14.7 Å². The van der Waals surface area contributed by atoms with Crippen LogP contribution in [-0.2, 0) is 0 Å². The van der Waals surface area contributed by atoms with Gasteiger partial charge in [0.2, 0.25) is 0 Å². The third kappa shape index (κ3) is 2.30. The van der Waals surface area contributed by atoms with Crippen molar-refractivity contribution in [3.8, 4) is 5.75 Å². The predicted octanol–water partition coefficient (Wildman–Crippen LogP) is 2.83. The van der Waals surface area contributed by atoms with Crippen molar-refractivity contribution in [1.29, 1.82) is 0 Å². The Bertz CT molecular complexity index is 600. The summed E-state index contributed by atoms with van der Waals surface area (Å²) in [5, 5.41) is 9.38. The van der Waals surface area contributed by atoms with Gasteiger partial charge in [-0.2, -0.15) is 0 Å². The molecule has 0 spiro atoms. The number of carbonyl (C=O) groups is 2. The number of ketones is 2. The van der Waals surface area contributed by atoms with E-state index in [1.165, 1.54) is 25.1 Å². The van der Waals surface area contributed by atoms with Gasteiger partial charge in [0, 0.05) is 16.7 Å². The summed E-state index contributed by atoms with van der Waals surface area (Å²) in [6.45, 7) is 1.37. The average molecular weight is 240 g/mol. The highest BCUT2D eigenvalue weighted by molar-refractivity contribution is 6.15. The number of phenolic OH excluding ortho intramolecular Hbond substituents is 1. The second-order valence-corrected chi connectivity index (χ2v) is 3.98. The van der Waals surface area contributed by atoms with Crippen LogP contribution < -0.4 is 0 Å². The molecule has 0 unspecified atom stereocenters.